The van der Waals surface area contributed by atoms with E-state index < -0.39 is 10.0 Å². The third-order valence-electron chi connectivity index (χ3n) is 4.61. The van der Waals surface area contributed by atoms with E-state index in [2.05, 4.69) is 15.2 Å². The lowest BCUT2D eigenvalue weighted by atomic mass is 10.1. The Morgan fingerprint density at radius 1 is 1.15 bits per heavy atom. The zero-order chi connectivity index (χ0) is 19.4. The molecule has 0 spiro atoms. The SMILES string of the molecule is CN(C)S(=O)(=O)c1ccc(N2CCCCC2)c(C(=O)Nc2cccnc2)c1. The van der Waals surface area contributed by atoms with Crippen LogP contribution >= 0.6 is 0 Å². The van der Waals surface area contributed by atoms with Crippen LogP contribution in [-0.4, -0.2) is 50.8 Å². The third kappa shape index (κ3) is 4.28. The second kappa shape index (κ2) is 8.06. The Labute approximate surface area is 160 Å². The summed E-state index contributed by atoms with van der Waals surface area (Å²) in [7, 11) is -0.680. The van der Waals surface area contributed by atoms with Crippen molar-refractivity contribution in [1.82, 2.24) is 9.29 Å². The highest BCUT2D eigenvalue weighted by atomic mass is 32.2. The molecular formula is C19H24N4O3S. The van der Waals surface area contributed by atoms with Gasteiger partial charge in [0.1, 0.15) is 0 Å². The molecule has 144 valence electrons. The molecule has 2 aromatic rings. The van der Waals surface area contributed by atoms with Crippen molar-refractivity contribution in [3.63, 3.8) is 0 Å². The summed E-state index contributed by atoms with van der Waals surface area (Å²) in [5.74, 6) is -0.348. The number of pyridine rings is 1. The smallest absolute Gasteiger partial charge is 0.257 e. The van der Waals surface area contributed by atoms with E-state index in [1.165, 1.54) is 26.6 Å². The summed E-state index contributed by atoms with van der Waals surface area (Å²) in [5.41, 5.74) is 1.67. The lowest BCUT2D eigenvalue weighted by Crippen LogP contribution is -2.32. The number of rotatable bonds is 5. The molecule has 27 heavy (non-hydrogen) atoms. The number of anilines is 2. The highest BCUT2D eigenvalue weighted by molar-refractivity contribution is 7.89. The van der Waals surface area contributed by atoms with Crippen LogP contribution in [-0.2, 0) is 10.0 Å². The van der Waals surface area contributed by atoms with E-state index in [-0.39, 0.29) is 10.8 Å². The number of sulfonamides is 1. The van der Waals surface area contributed by atoms with E-state index in [0.29, 0.717) is 11.3 Å². The summed E-state index contributed by atoms with van der Waals surface area (Å²) < 4.78 is 26.2. The van der Waals surface area contributed by atoms with E-state index in [1.54, 1.807) is 36.7 Å². The average molecular weight is 388 g/mol. The first-order valence-corrected chi connectivity index (χ1v) is 10.4. The molecule has 1 saturated heterocycles. The third-order valence-corrected chi connectivity index (χ3v) is 6.42. The van der Waals surface area contributed by atoms with Crippen LogP contribution in [0.15, 0.2) is 47.6 Å². The lowest BCUT2D eigenvalue weighted by Gasteiger charge is -2.30. The van der Waals surface area contributed by atoms with Gasteiger partial charge in [-0.05, 0) is 49.6 Å². The molecule has 0 bridgehead atoms. The maximum atomic E-state index is 13.0. The van der Waals surface area contributed by atoms with Gasteiger partial charge in [-0.15, -0.1) is 0 Å². The number of benzene rings is 1. The maximum absolute atomic E-state index is 13.0. The highest BCUT2D eigenvalue weighted by Crippen LogP contribution is 2.28. The van der Waals surface area contributed by atoms with E-state index in [9.17, 15) is 13.2 Å². The Bertz CT molecular complexity index is 908. The molecular weight excluding hydrogens is 364 g/mol. The van der Waals surface area contributed by atoms with Crippen molar-refractivity contribution in [1.29, 1.82) is 0 Å². The van der Waals surface area contributed by atoms with E-state index in [1.807, 2.05) is 0 Å². The van der Waals surface area contributed by atoms with Gasteiger partial charge in [0, 0.05) is 39.1 Å². The summed E-state index contributed by atoms with van der Waals surface area (Å²) in [6, 6.07) is 8.24. The molecule has 1 aromatic heterocycles. The molecule has 8 heteroatoms. The Balaban J connectivity index is 2.02. The van der Waals surface area contributed by atoms with Crippen molar-refractivity contribution in [3.05, 3.63) is 48.3 Å². The number of amides is 1. The van der Waals surface area contributed by atoms with Gasteiger partial charge in [0.25, 0.3) is 5.91 Å². The van der Waals surface area contributed by atoms with Gasteiger partial charge in [-0.3, -0.25) is 9.78 Å². The largest absolute Gasteiger partial charge is 0.371 e. The van der Waals surface area contributed by atoms with E-state index in [0.717, 1.165) is 35.9 Å². The van der Waals surface area contributed by atoms with Crippen LogP contribution < -0.4 is 10.2 Å². The minimum atomic E-state index is -3.63. The summed E-state index contributed by atoms with van der Waals surface area (Å²) in [6.45, 7) is 1.71. The Hall–Kier alpha value is -2.45. The van der Waals surface area contributed by atoms with Gasteiger partial charge in [-0.2, -0.15) is 0 Å². The van der Waals surface area contributed by atoms with Crippen molar-refractivity contribution < 1.29 is 13.2 Å². The molecule has 0 unspecified atom stereocenters. The lowest BCUT2D eigenvalue weighted by molar-refractivity contribution is 0.102. The molecule has 0 atom stereocenters. The van der Waals surface area contributed by atoms with Gasteiger partial charge in [0.2, 0.25) is 10.0 Å². The molecule has 0 radical (unpaired) electrons. The van der Waals surface area contributed by atoms with E-state index >= 15 is 0 Å². The maximum Gasteiger partial charge on any atom is 0.257 e. The summed E-state index contributed by atoms with van der Waals surface area (Å²) in [4.78, 5) is 19.2. The first kappa shape index (κ1) is 19.3. The number of hydrogen-bond acceptors (Lipinski definition) is 5. The molecule has 1 aliphatic rings. The normalized spacial score (nSPS) is 15.0. The quantitative estimate of drug-likeness (QED) is 0.851. The summed E-state index contributed by atoms with van der Waals surface area (Å²) in [6.07, 6.45) is 6.46. The average Bonchev–Trinajstić information content (AvgIpc) is 2.68. The number of hydrogen-bond donors (Lipinski definition) is 1. The number of nitrogens with zero attached hydrogens (tertiary/aromatic N) is 3. The van der Waals surface area contributed by atoms with Gasteiger partial charge in [-0.25, -0.2) is 12.7 Å². The van der Waals surface area contributed by atoms with Gasteiger partial charge < -0.3 is 10.2 Å². The number of piperidine rings is 1. The second-order valence-electron chi connectivity index (χ2n) is 6.71. The van der Waals surface area contributed by atoms with Crippen molar-refractivity contribution in [2.24, 2.45) is 0 Å². The van der Waals surface area contributed by atoms with Gasteiger partial charge in [-0.1, -0.05) is 0 Å². The van der Waals surface area contributed by atoms with Crippen LogP contribution in [0, 0.1) is 0 Å². The monoisotopic (exact) mass is 388 g/mol. The number of carbonyl (C=O) groups excluding carboxylic acids is 1. The van der Waals surface area contributed by atoms with Crippen LogP contribution in [0.5, 0.6) is 0 Å². The molecule has 1 fully saturated rings. The molecule has 1 N–H and O–H groups in total. The second-order valence-corrected chi connectivity index (χ2v) is 8.86. The topological polar surface area (TPSA) is 82.6 Å². The molecule has 7 nitrogen and oxygen atoms in total. The van der Waals surface area contributed by atoms with Crippen LogP contribution in [0.25, 0.3) is 0 Å². The van der Waals surface area contributed by atoms with Crippen molar-refractivity contribution in [2.75, 3.05) is 37.4 Å². The molecule has 1 aromatic carbocycles. The fourth-order valence-corrected chi connectivity index (χ4v) is 4.04. The van der Waals surface area contributed by atoms with Gasteiger partial charge in [0.15, 0.2) is 0 Å². The fourth-order valence-electron chi connectivity index (χ4n) is 3.11. The molecule has 0 saturated carbocycles. The van der Waals surface area contributed by atoms with Gasteiger partial charge >= 0.3 is 0 Å². The van der Waals surface area contributed by atoms with Crippen molar-refractivity contribution in [3.8, 4) is 0 Å². The van der Waals surface area contributed by atoms with Crippen LogP contribution in [0.4, 0.5) is 11.4 Å². The van der Waals surface area contributed by atoms with Gasteiger partial charge in [0.05, 0.1) is 22.3 Å². The fraction of sp³-hybridized carbons (Fsp3) is 0.368. The van der Waals surface area contributed by atoms with Crippen molar-refractivity contribution >= 4 is 27.3 Å². The molecule has 0 aliphatic carbocycles. The van der Waals surface area contributed by atoms with Crippen LogP contribution in [0.1, 0.15) is 29.6 Å². The minimum Gasteiger partial charge on any atom is -0.371 e. The Morgan fingerprint density at radius 3 is 2.52 bits per heavy atom. The number of aromatic nitrogens is 1. The zero-order valence-electron chi connectivity index (χ0n) is 15.6. The predicted molar refractivity (Wildman–Crippen MR) is 106 cm³/mol. The Kier molecular flexibility index (Phi) is 5.76. The summed E-state index contributed by atoms with van der Waals surface area (Å²) in [5, 5.41) is 2.81. The first-order chi connectivity index (χ1) is 12.9. The Morgan fingerprint density at radius 2 is 1.89 bits per heavy atom. The zero-order valence-corrected chi connectivity index (χ0v) is 16.4. The molecule has 1 amide bonds. The summed E-state index contributed by atoms with van der Waals surface area (Å²) >= 11 is 0. The predicted octanol–water partition coefficient (Wildman–Crippen LogP) is 2.57. The first-order valence-electron chi connectivity index (χ1n) is 8.92. The van der Waals surface area contributed by atoms with E-state index in [4.69, 9.17) is 0 Å². The number of nitrogens with one attached hydrogen (secondary N) is 1. The highest BCUT2D eigenvalue weighted by Gasteiger charge is 2.24. The molecule has 2 heterocycles. The molecule has 3 rings (SSSR count). The standard InChI is InChI=1S/C19H24N4O3S/c1-22(2)27(25,26)16-8-9-18(23-11-4-3-5-12-23)17(13-16)19(24)21-15-7-6-10-20-14-15/h6-10,13-14H,3-5,11-12H2,1-2H3,(H,21,24). The van der Waals surface area contributed by atoms with Crippen LogP contribution in [0.3, 0.4) is 0 Å². The number of carbonyl (C=O) groups is 1. The van der Waals surface area contributed by atoms with Crippen molar-refractivity contribution in [2.45, 2.75) is 24.2 Å². The minimum absolute atomic E-state index is 0.101. The molecule has 1 aliphatic heterocycles. The van der Waals surface area contributed by atoms with Crippen LogP contribution in [0.2, 0.25) is 0 Å².